The van der Waals surface area contributed by atoms with Crippen LogP contribution in [0.1, 0.15) is 11.1 Å². The molecule has 0 saturated heterocycles. The maximum Gasteiger partial charge on any atom is 0.304 e. The first-order chi connectivity index (χ1) is 12.3. The number of halogens is 5. The quantitative estimate of drug-likeness (QED) is 0.231. The van der Waals surface area contributed by atoms with E-state index in [4.69, 9.17) is 4.74 Å². The van der Waals surface area contributed by atoms with Crippen LogP contribution >= 0.6 is 11.8 Å². The summed E-state index contributed by atoms with van der Waals surface area (Å²) >= 11 is 0.574. The highest BCUT2D eigenvalue weighted by atomic mass is 32.2. The molecule has 2 rings (SSSR count). The molecule has 2 aromatic rings. The predicted molar refractivity (Wildman–Crippen MR) is 85.5 cm³/mol. The molecule has 0 amide bonds. The normalized spacial score (nSPS) is 11.5. The van der Waals surface area contributed by atoms with E-state index >= 15 is 0 Å². The minimum absolute atomic E-state index is 0.0339. The first-order valence-electron chi connectivity index (χ1n) is 6.89. The minimum atomic E-state index is -2.33. The van der Waals surface area contributed by atoms with Crippen molar-refractivity contribution in [2.75, 3.05) is 7.11 Å². The van der Waals surface area contributed by atoms with E-state index < -0.39 is 44.6 Å². The van der Waals surface area contributed by atoms with E-state index in [0.717, 1.165) is 0 Å². The zero-order valence-corrected chi connectivity index (χ0v) is 13.9. The summed E-state index contributed by atoms with van der Waals surface area (Å²) < 4.78 is 71.7. The molecule has 0 bridgehead atoms. The summed E-state index contributed by atoms with van der Waals surface area (Å²) in [5, 5.41) is 10.3. The monoisotopic (exact) mass is 391 g/mol. The van der Waals surface area contributed by atoms with Crippen LogP contribution in [0.25, 0.3) is 6.08 Å². The van der Waals surface area contributed by atoms with Crippen LogP contribution in [0.5, 0.6) is 5.75 Å². The maximum atomic E-state index is 13.7. The Morgan fingerprint density at radius 3 is 2.00 bits per heavy atom. The Morgan fingerprint density at radius 2 is 1.54 bits per heavy atom. The van der Waals surface area contributed by atoms with Crippen molar-refractivity contribution in [3.63, 3.8) is 0 Å². The van der Waals surface area contributed by atoms with E-state index in [0.29, 0.717) is 29.2 Å². The van der Waals surface area contributed by atoms with Gasteiger partial charge >= 0.3 is 5.03 Å². The van der Waals surface area contributed by atoms with Gasteiger partial charge in [0, 0.05) is 11.8 Å². The van der Waals surface area contributed by atoms with Crippen LogP contribution in [0.3, 0.4) is 0 Å². The number of hydrogen-bond donors (Lipinski definition) is 0. The first-order valence-corrected chi connectivity index (χ1v) is 7.88. The second kappa shape index (κ2) is 8.17. The van der Waals surface area contributed by atoms with Gasteiger partial charge in [-0.15, -0.1) is 0 Å². The van der Waals surface area contributed by atoms with E-state index in [1.807, 2.05) is 0 Å². The molecule has 0 aliphatic heterocycles. The lowest BCUT2D eigenvalue weighted by molar-refractivity contribution is -0.408. The van der Waals surface area contributed by atoms with Crippen molar-refractivity contribution in [3.8, 4) is 5.75 Å². The van der Waals surface area contributed by atoms with E-state index in [-0.39, 0.29) is 5.75 Å². The number of nitro groups is 1. The van der Waals surface area contributed by atoms with Crippen molar-refractivity contribution in [1.82, 2.24) is 0 Å². The fourth-order valence-electron chi connectivity index (χ4n) is 1.90. The second-order valence-corrected chi connectivity index (χ2v) is 5.86. The van der Waals surface area contributed by atoms with Gasteiger partial charge in [0.05, 0.1) is 17.6 Å². The SMILES string of the molecule is COc1ccc(CS/C(=C/c2c(F)c(F)c(F)c(F)c2F)[N+](=O)[O-])cc1. The molecule has 2 aromatic carbocycles. The van der Waals surface area contributed by atoms with Gasteiger partial charge in [0.25, 0.3) is 0 Å². The van der Waals surface area contributed by atoms with Crippen LogP contribution in [0, 0.1) is 39.2 Å². The van der Waals surface area contributed by atoms with E-state index in [1.54, 1.807) is 24.3 Å². The molecule has 0 unspecified atom stereocenters. The number of ether oxygens (including phenoxy) is 1. The molecule has 0 spiro atoms. The number of thioether (sulfide) groups is 1. The van der Waals surface area contributed by atoms with Crippen molar-refractivity contribution in [2.24, 2.45) is 0 Å². The third-order valence-corrected chi connectivity index (χ3v) is 4.28. The van der Waals surface area contributed by atoms with Gasteiger partial charge in [-0.2, -0.15) is 0 Å². The van der Waals surface area contributed by atoms with Gasteiger partial charge in [-0.25, -0.2) is 22.0 Å². The molecule has 0 heterocycles. The van der Waals surface area contributed by atoms with Crippen LogP contribution in [0.4, 0.5) is 22.0 Å². The largest absolute Gasteiger partial charge is 0.497 e. The van der Waals surface area contributed by atoms with Crippen LogP contribution in [-0.2, 0) is 5.75 Å². The first kappa shape index (κ1) is 19.7. The number of benzene rings is 2. The minimum Gasteiger partial charge on any atom is -0.497 e. The summed E-state index contributed by atoms with van der Waals surface area (Å²) in [4.78, 5) is 10.1. The second-order valence-electron chi connectivity index (χ2n) is 4.86. The number of methoxy groups -OCH3 is 1. The summed E-state index contributed by atoms with van der Waals surface area (Å²) in [5.74, 6) is -10.3. The number of rotatable bonds is 6. The van der Waals surface area contributed by atoms with Gasteiger partial charge in [-0.3, -0.25) is 10.1 Å². The fraction of sp³-hybridized carbons (Fsp3) is 0.125. The van der Waals surface area contributed by atoms with Crippen LogP contribution < -0.4 is 4.74 Å². The zero-order valence-electron chi connectivity index (χ0n) is 13.1. The van der Waals surface area contributed by atoms with Gasteiger partial charge in [0.2, 0.25) is 5.82 Å². The molecule has 0 saturated carbocycles. The Kier molecular flexibility index (Phi) is 6.19. The van der Waals surface area contributed by atoms with Crippen molar-refractivity contribution < 1.29 is 31.6 Å². The lowest BCUT2D eigenvalue weighted by Gasteiger charge is -2.05. The van der Waals surface area contributed by atoms with Crippen LogP contribution in [0.15, 0.2) is 29.3 Å². The van der Waals surface area contributed by atoms with Gasteiger partial charge in [-0.1, -0.05) is 12.1 Å². The molecule has 138 valence electrons. The van der Waals surface area contributed by atoms with Crippen molar-refractivity contribution >= 4 is 17.8 Å². The highest BCUT2D eigenvalue weighted by Crippen LogP contribution is 2.29. The average molecular weight is 391 g/mol. The molecule has 10 heteroatoms. The molecular formula is C16H10F5NO3S. The van der Waals surface area contributed by atoms with Gasteiger partial charge in [0.1, 0.15) is 5.75 Å². The third-order valence-electron chi connectivity index (χ3n) is 3.24. The predicted octanol–water partition coefficient (Wildman–Crippen LogP) is 4.90. The fourth-order valence-corrected chi connectivity index (χ4v) is 2.71. The van der Waals surface area contributed by atoms with Crippen LogP contribution in [0.2, 0.25) is 0 Å². The molecule has 0 aliphatic rings. The summed E-state index contributed by atoms with van der Waals surface area (Å²) in [7, 11) is 1.46. The molecule has 0 fully saturated rings. The van der Waals surface area contributed by atoms with Gasteiger partial charge < -0.3 is 4.74 Å². The molecule has 0 radical (unpaired) electrons. The van der Waals surface area contributed by atoms with Crippen molar-refractivity contribution in [3.05, 3.63) is 79.6 Å². The van der Waals surface area contributed by atoms with Gasteiger partial charge in [-0.05, 0) is 29.5 Å². The molecular weight excluding hydrogens is 381 g/mol. The smallest absolute Gasteiger partial charge is 0.304 e. The van der Waals surface area contributed by atoms with Crippen molar-refractivity contribution in [1.29, 1.82) is 0 Å². The molecule has 0 N–H and O–H groups in total. The summed E-state index contributed by atoms with van der Waals surface area (Å²) in [5.41, 5.74) is -0.740. The molecule has 4 nitrogen and oxygen atoms in total. The Morgan fingerprint density at radius 1 is 1.04 bits per heavy atom. The number of hydrogen-bond acceptors (Lipinski definition) is 4. The zero-order chi connectivity index (χ0) is 19.4. The Balaban J connectivity index is 2.34. The number of nitrogens with zero attached hydrogens (tertiary/aromatic N) is 1. The Bertz CT molecular complexity index is 842. The van der Waals surface area contributed by atoms with Crippen molar-refractivity contribution in [2.45, 2.75) is 5.75 Å². The molecule has 0 aliphatic carbocycles. The molecule has 0 atom stereocenters. The van der Waals surface area contributed by atoms with Gasteiger partial charge in [0.15, 0.2) is 23.3 Å². The Hall–Kier alpha value is -2.62. The van der Waals surface area contributed by atoms with E-state index in [9.17, 15) is 32.1 Å². The molecule has 26 heavy (non-hydrogen) atoms. The maximum absolute atomic E-state index is 13.7. The lowest BCUT2D eigenvalue weighted by Crippen LogP contribution is -2.05. The summed E-state index contributed by atoms with van der Waals surface area (Å²) in [6.45, 7) is 0. The van der Waals surface area contributed by atoms with E-state index in [1.165, 1.54) is 7.11 Å². The summed E-state index contributed by atoms with van der Waals surface area (Å²) in [6, 6.07) is 6.44. The highest BCUT2D eigenvalue weighted by molar-refractivity contribution is 8.02. The summed E-state index contributed by atoms with van der Waals surface area (Å²) in [6.07, 6.45) is 0.324. The Labute approximate surface area is 148 Å². The molecule has 0 aromatic heterocycles. The van der Waals surface area contributed by atoms with E-state index in [2.05, 4.69) is 0 Å². The highest BCUT2D eigenvalue weighted by Gasteiger charge is 2.26. The lowest BCUT2D eigenvalue weighted by atomic mass is 10.1. The standard InChI is InChI=1S/C16H10F5NO3S/c1-25-9-4-2-8(3-5-9)7-26-11(22(23)24)6-10-12(17)14(19)16(21)15(20)13(10)18/h2-6H,7H2,1H3/b11-6+. The average Bonchev–Trinajstić information content (AvgIpc) is 2.64. The third kappa shape index (κ3) is 4.13. The topological polar surface area (TPSA) is 52.4 Å². The van der Waals surface area contributed by atoms with Crippen LogP contribution in [-0.4, -0.2) is 12.0 Å².